The van der Waals surface area contributed by atoms with Gasteiger partial charge in [-0.1, -0.05) is 27.3 Å². The van der Waals surface area contributed by atoms with Gasteiger partial charge in [-0.15, -0.1) is 0 Å². The number of hydrogen-bond donors (Lipinski definition) is 1. The van der Waals surface area contributed by atoms with Crippen LogP contribution in [0.4, 0.5) is 15.8 Å². The molecule has 0 spiro atoms. The molecule has 0 aliphatic carbocycles. The van der Waals surface area contributed by atoms with E-state index in [0.717, 1.165) is 5.92 Å². The Morgan fingerprint density at radius 1 is 1.40 bits per heavy atom. The predicted molar refractivity (Wildman–Crippen MR) is 112 cm³/mol. The van der Waals surface area contributed by atoms with Crippen LogP contribution in [0.1, 0.15) is 53.0 Å². The molecule has 1 aromatic carbocycles. The summed E-state index contributed by atoms with van der Waals surface area (Å²) in [5, 5.41) is 2.67. The maximum atomic E-state index is 15.2. The van der Waals surface area contributed by atoms with Crippen molar-refractivity contribution in [2.75, 3.05) is 16.8 Å². The number of rotatable bonds is 5. The Balaban J connectivity index is 0. The largest absolute Gasteiger partial charge is 1.00 e. The van der Waals surface area contributed by atoms with E-state index in [4.69, 9.17) is 4.74 Å². The number of ether oxygens (including phenoxy) is 1. The van der Waals surface area contributed by atoms with Crippen molar-refractivity contribution >= 4 is 23.2 Å². The van der Waals surface area contributed by atoms with Gasteiger partial charge in [0.2, 0.25) is 5.91 Å². The molecule has 8 heteroatoms. The van der Waals surface area contributed by atoms with E-state index in [1.807, 2.05) is 27.7 Å². The minimum absolute atomic E-state index is 0. The standard InChI is InChI=1S/C21H29FN2O3.CH3.Cs.K/c1-8-12(2)11-24-15-9-13(3)18(23-16(25)10-21(5,6)7)17(22)19(15)27-14(4)20(24)26;;;/h9,14H,1,8,10-11H2,2-7H3,(H,23,25);1H3;;/q-2;-1;2*+1. The minimum Gasteiger partial charge on any atom is -0.476 e. The molecule has 1 aliphatic rings. The van der Waals surface area contributed by atoms with Crippen LogP contribution in [0.25, 0.3) is 0 Å². The van der Waals surface area contributed by atoms with Crippen molar-refractivity contribution < 1.29 is 139 Å². The van der Waals surface area contributed by atoms with Crippen LogP contribution >= 0.6 is 0 Å². The Labute approximate surface area is 282 Å². The Morgan fingerprint density at radius 2 is 1.97 bits per heavy atom. The Hall–Kier alpha value is 1.58. The fraction of sp³-hybridized carbons (Fsp3) is 0.500. The molecule has 2 amide bonds. The van der Waals surface area contributed by atoms with Crippen LogP contribution in [0, 0.1) is 38.4 Å². The van der Waals surface area contributed by atoms with Crippen LogP contribution in [0.2, 0.25) is 0 Å². The van der Waals surface area contributed by atoms with E-state index in [-0.39, 0.29) is 163 Å². The van der Waals surface area contributed by atoms with Crippen LogP contribution in [-0.4, -0.2) is 24.5 Å². The van der Waals surface area contributed by atoms with Crippen molar-refractivity contribution in [1.29, 1.82) is 0 Å². The summed E-state index contributed by atoms with van der Waals surface area (Å²) < 4.78 is 20.8. The van der Waals surface area contributed by atoms with Gasteiger partial charge in [-0.3, -0.25) is 9.59 Å². The number of amides is 2. The summed E-state index contributed by atoms with van der Waals surface area (Å²) in [7, 11) is 0. The second-order valence-corrected chi connectivity index (χ2v) is 8.41. The molecule has 5 nitrogen and oxygen atoms in total. The second kappa shape index (κ2) is 14.1. The molecule has 0 aromatic heterocycles. The van der Waals surface area contributed by atoms with E-state index in [9.17, 15) is 9.59 Å². The summed E-state index contributed by atoms with van der Waals surface area (Å²) in [4.78, 5) is 26.4. The number of fused-ring (bicyclic) bond motifs is 1. The fourth-order valence-electron chi connectivity index (χ4n) is 2.95. The summed E-state index contributed by atoms with van der Waals surface area (Å²) in [6, 6.07) is 1.69. The second-order valence-electron chi connectivity index (χ2n) is 8.41. The zero-order chi connectivity index (χ0) is 20.5. The molecule has 1 atom stereocenters. The van der Waals surface area contributed by atoms with Gasteiger partial charge < -0.3 is 41.6 Å². The van der Waals surface area contributed by atoms with Crippen LogP contribution in [0.5, 0.6) is 5.75 Å². The molecule has 1 unspecified atom stereocenters. The first-order valence-corrected chi connectivity index (χ1v) is 9.16. The van der Waals surface area contributed by atoms with Gasteiger partial charge in [-0.25, -0.2) is 4.39 Å². The molecule has 1 aromatic rings. The van der Waals surface area contributed by atoms with E-state index >= 15 is 4.39 Å². The van der Waals surface area contributed by atoms with Gasteiger partial charge in [0, 0.05) is 6.42 Å². The summed E-state index contributed by atoms with van der Waals surface area (Å²) in [5.41, 5.74) is 0.812. The average Bonchev–Trinajstić information content (AvgIpc) is 2.55. The van der Waals surface area contributed by atoms with E-state index in [1.54, 1.807) is 19.9 Å². The Bertz CT molecular complexity index is 753. The third-order valence-corrected chi connectivity index (χ3v) is 4.41. The molecule has 1 N–H and O–H groups in total. The van der Waals surface area contributed by atoms with Gasteiger partial charge in [-0.2, -0.15) is 6.92 Å². The number of anilines is 2. The maximum absolute atomic E-state index is 15.2. The molecule has 1 aliphatic heterocycles. The first kappa shape index (κ1) is 33.7. The Morgan fingerprint density at radius 3 is 2.47 bits per heavy atom. The summed E-state index contributed by atoms with van der Waals surface area (Å²) in [6.45, 7) is 15.2. The van der Waals surface area contributed by atoms with E-state index < -0.39 is 11.9 Å². The van der Waals surface area contributed by atoms with E-state index in [2.05, 4.69) is 12.2 Å². The van der Waals surface area contributed by atoms with E-state index in [0.29, 0.717) is 24.2 Å². The van der Waals surface area contributed by atoms with Gasteiger partial charge in [0.1, 0.15) is 0 Å². The maximum Gasteiger partial charge on any atom is 1.00 e. The topological polar surface area (TPSA) is 58.6 Å². The number of halogens is 1. The number of nitrogens with zero attached hydrogens (tertiary/aromatic N) is 1. The number of aryl methyl sites for hydroxylation is 1. The first-order valence-electron chi connectivity index (χ1n) is 9.16. The van der Waals surface area contributed by atoms with Gasteiger partial charge in [0.15, 0.2) is 17.7 Å². The molecule has 30 heavy (non-hydrogen) atoms. The third kappa shape index (κ3) is 8.74. The van der Waals surface area contributed by atoms with Crippen molar-refractivity contribution in [2.45, 2.75) is 60.5 Å². The molecule has 0 bridgehead atoms. The number of carbonyl (C=O) groups excluding carboxylic acids is 2. The van der Waals surface area contributed by atoms with Crippen molar-refractivity contribution in [3.8, 4) is 5.75 Å². The molecule has 2 rings (SSSR count). The smallest absolute Gasteiger partial charge is 0.476 e. The Kier molecular flexibility index (Phi) is 15.8. The molecule has 0 fully saturated rings. The molecule has 1 heterocycles. The number of nitrogens with one attached hydrogen (secondary N) is 1. The monoisotopic (exact) mass is 563 g/mol. The minimum atomic E-state index is -0.801. The molecule has 0 saturated carbocycles. The fourth-order valence-corrected chi connectivity index (χ4v) is 2.95. The van der Waals surface area contributed by atoms with Crippen LogP contribution < -0.4 is 135 Å². The number of benzene rings is 1. The van der Waals surface area contributed by atoms with Crippen molar-refractivity contribution in [2.24, 2.45) is 5.41 Å². The third-order valence-electron chi connectivity index (χ3n) is 4.41. The van der Waals surface area contributed by atoms with Crippen molar-refractivity contribution in [3.63, 3.8) is 0 Å². The van der Waals surface area contributed by atoms with Gasteiger partial charge >= 0.3 is 120 Å². The zero-order valence-electron chi connectivity index (χ0n) is 20.0. The quantitative estimate of drug-likeness (QED) is 0.366. The summed E-state index contributed by atoms with van der Waals surface area (Å²) >= 11 is 0. The van der Waals surface area contributed by atoms with E-state index in [1.165, 1.54) is 4.90 Å². The zero-order valence-corrected chi connectivity index (χ0v) is 29.4. The van der Waals surface area contributed by atoms with Gasteiger partial charge in [0.05, 0.1) is 11.4 Å². The van der Waals surface area contributed by atoms with Gasteiger partial charge in [-0.05, 0) is 30.9 Å². The normalized spacial score (nSPS) is 15.3. The molecule has 0 saturated heterocycles. The SMILES string of the molecule is [CH2-]C[C-](C)CN1C(=O)C(C)Oc2c1cc(C)c(NC(=O)CC(C)(C)C)c2F.[CH3-].[Cs+].[K+]. The molecule has 158 valence electrons. The van der Waals surface area contributed by atoms with Crippen LogP contribution in [0.15, 0.2) is 6.07 Å². The van der Waals surface area contributed by atoms with Crippen molar-refractivity contribution in [3.05, 3.63) is 37.7 Å². The van der Waals surface area contributed by atoms with Crippen molar-refractivity contribution in [1.82, 2.24) is 0 Å². The summed E-state index contributed by atoms with van der Waals surface area (Å²) in [5.74, 6) is -0.135. The summed E-state index contributed by atoms with van der Waals surface area (Å²) in [6.07, 6.45) is 0.0460. The molecular formula is C22H32CsFKN2O3-. The first-order chi connectivity index (χ1) is 12.4. The van der Waals surface area contributed by atoms with Crippen LogP contribution in [-0.2, 0) is 9.59 Å². The number of carbonyl (C=O) groups is 2. The van der Waals surface area contributed by atoms with Gasteiger partial charge in [0.25, 0.3) is 5.91 Å². The predicted octanol–water partition coefficient (Wildman–Crippen LogP) is -1.10. The number of hydrogen-bond acceptors (Lipinski definition) is 3. The average molecular weight is 564 g/mol. The molecule has 0 radical (unpaired) electrons. The molecular weight excluding hydrogens is 531 g/mol. The van der Waals surface area contributed by atoms with Crippen LogP contribution in [0.3, 0.4) is 0 Å².